The summed E-state index contributed by atoms with van der Waals surface area (Å²) in [5.74, 6) is 0. The van der Waals surface area contributed by atoms with Gasteiger partial charge < -0.3 is 4.42 Å². The fourth-order valence-corrected chi connectivity index (χ4v) is 1.14. The van der Waals surface area contributed by atoms with Gasteiger partial charge in [0.2, 0.25) is 0 Å². The number of aryl methyl sites for hydroxylation is 1. The molecular weight excluding hydrogens is 241 g/mol. The van der Waals surface area contributed by atoms with Gasteiger partial charge in [-0.15, -0.1) is 0 Å². The molecule has 0 atom stereocenters. The summed E-state index contributed by atoms with van der Waals surface area (Å²) in [6.07, 6.45) is 4.74. The highest BCUT2D eigenvalue weighted by molar-refractivity contribution is 14.1. The Morgan fingerprint density at radius 3 is 3.00 bits per heavy atom. The lowest BCUT2D eigenvalue weighted by molar-refractivity contribution is 0.524. The molecule has 10 heavy (non-hydrogen) atoms. The molecule has 2 nitrogen and oxygen atoms in total. The summed E-state index contributed by atoms with van der Waals surface area (Å²) in [7, 11) is 0. The first-order valence-electron chi connectivity index (χ1n) is 3.22. The van der Waals surface area contributed by atoms with Gasteiger partial charge in [0.05, 0.1) is 5.69 Å². The van der Waals surface area contributed by atoms with Crippen molar-refractivity contribution in [2.24, 2.45) is 0 Å². The van der Waals surface area contributed by atoms with Gasteiger partial charge in [-0.1, -0.05) is 13.3 Å². The van der Waals surface area contributed by atoms with Gasteiger partial charge in [0.15, 0.2) is 0 Å². The van der Waals surface area contributed by atoms with Crippen LogP contribution in [-0.2, 0) is 6.42 Å². The lowest BCUT2D eigenvalue weighted by Gasteiger charge is -1.88. The van der Waals surface area contributed by atoms with Gasteiger partial charge in [-0.2, -0.15) is 0 Å². The van der Waals surface area contributed by atoms with E-state index in [0.29, 0.717) is 0 Å². The molecule has 0 aromatic carbocycles. The van der Waals surface area contributed by atoms with Crippen molar-refractivity contribution < 1.29 is 4.42 Å². The summed E-state index contributed by atoms with van der Waals surface area (Å²) in [4.78, 5) is 4.14. The summed E-state index contributed by atoms with van der Waals surface area (Å²) < 4.78 is 5.74. The Balaban J connectivity index is 2.42. The fraction of sp³-hybridized carbons (Fsp3) is 0.429. The topological polar surface area (TPSA) is 26.0 Å². The molecule has 0 fully saturated rings. The standard InChI is InChI=1S/C7H9INO/c1-2-3-4-6-5-10-7(8)9-6/h5H,1-4H2. The van der Waals surface area contributed by atoms with Crippen LogP contribution in [0.25, 0.3) is 0 Å². The number of rotatable bonds is 3. The van der Waals surface area contributed by atoms with Crippen molar-refractivity contribution in [3.8, 4) is 0 Å². The molecule has 0 spiro atoms. The average molecular weight is 250 g/mol. The van der Waals surface area contributed by atoms with Gasteiger partial charge in [-0.3, -0.25) is 0 Å². The van der Waals surface area contributed by atoms with Gasteiger partial charge in [0.25, 0.3) is 3.90 Å². The monoisotopic (exact) mass is 250 g/mol. The molecule has 0 saturated heterocycles. The van der Waals surface area contributed by atoms with Crippen LogP contribution in [0.15, 0.2) is 10.7 Å². The highest BCUT2D eigenvalue weighted by Gasteiger charge is 1.97. The van der Waals surface area contributed by atoms with Crippen LogP contribution in [0.4, 0.5) is 0 Å². The van der Waals surface area contributed by atoms with E-state index in [-0.39, 0.29) is 0 Å². The van der Waals surface area contributed by atoms with Crippen molar-refractivity contribution in [2.45, 2.75) is 19.3 Å². The molecule has 0 aliphatic carbocycles. The molecular formula is C7H9INO. The third-order valence-electron chi connectivity index (χ3n) is 1.21. The highest BCUT2D eigenvalue weighted by atomic mass is 127. The zero-order chi connectivity index (χ0) is 7.40. The molecule has 0 unspecified atom stereocenters. The maximum absolute atomic E-state index is 5.02. The fourth-order valence-electron chi connectivity index (χ4n) is 0.703. The second-order valence-electron chi connectivity index (χ2n) is 2.05. The minimum atomic E-state index is 0.719. The largest absolute Gasteiger partial charge is 0.440 e. The highest BCUT2D eigenvalue weighted by Crippen LogP contribution is 2.07. The predicted molar refractivity (Wildman–Crippen MR) is 47.5 cm³/mol. The van der Waals surface area contributed by atoms with Gasteiger partial charge in [-0.25, -0.2) is 4.98 Å². The molecule has 1 aromatic rings. The molecule has 1 aromatic heterocycles. The SMILES string of the molecule is [CH2]CCCc1coc(I)n1. The average Bonchev–Trinajstić information content (AvgIpc) is 2.31. The van der Waals surface area contributed by atoms with Gasteiger partial charge in [0.1, 0.15) is 6.26 Å². The van der Waals surface area contributed by atoms with Crippen LogP contribution < -0.4 is 0 Å². The Morgan fingerprint density at radius 1 is 1.70 bits per heavy atom. The molecule has 0 amide bonds. The summed E-state index contributed by atoms with van der Waals surface area (Å²) in [6.45, 7) is 3.75. The minimum Gasteiger partial charge on any atom is -0.440 e. The Hall–Kier alpha value is -0.0600. The summed E-state index contributed by atoms with van der Waals surface area (Å²) >= 11 is 2.06. The molecule has 3 heteroatoms. The minimum absolute atomic E-state index is 0.719. The third-order valence-corrected chi connectivity index (χ3v) is 1.70. The van der Waals surface area contributed by atoms with E-state index in [9.17, 15) is 0 Å². The summed E-state index contributed by atoms with van der Waals surface area (Å²) in [5.41, 5.74) is 1.04. The Bertz CT molecular complexity index is 197. The van der Waals surface area contributed by atoms with Crippen molar-refractivity contribution in [3.05, 3.63) is 22.8 Å². The molecule has 1 heterocycles. The van der Waals surface area contributed by atoms with Crippen LogP contribution in [0, 0.1) is 10.8 Å². The molecule has 55 valence electrons. The van der Waals surface area contributed by atoms with E-state index >= 15 is 0 Å². The lowest BCUT2D eigenvalue weighted by Crippen LogP contribution is -1.83. The molecule has 1 radical (unpaired) electrons. The van der Waals surface area contributed by atoms with E-state index in [1.807, 2.05) is 0 Å². The predicted octanol–water partition coefficient (Wildman–Crippen LogP) is 2.44. The number of halogens is 1. The van der Waals surface area contributed by atoms with Gasteiger partial charge in [0, 0.05) is 22.6 Å². The number of hydrogen-bond donors (Lipinski definition) is 0. The number of nitrogens with zero attached hydrogens (tertiary/aromatic N) is 1. The van der Waals surface area contributed by atoms with Crippen molar-refractivity contribution in [1.82, 2.24) is 4.98 Å². The molecule has 0 bridgehead atoms. The quantitative estimate of drug-likeness (QED) is 0.770. The van der Waals surface area contributed by atoms with E-state index in [0.717, 1.165) is 28.9 Å². The van der Waals surface area contributed by atoms with Crippen LogP contribution in [-0.4, -0.2) is 4.98 Å². The normalized spacial score (nSPS) is 10.2. The van der Waals surface area contributed by atoms with E-state index in [4.69, 9.17) is 4.42 Å². The zero-order valence-electron chi connectivity index (χ0n) is 5.64. The van der Waals surface area contributed by atoms with Crippen molar-refractivity contribution in [1.29, 1.82) is 0 Å². The van der Waals surface area contributed by atoms with Crippen LogP contribution >= 0.6 is 22.6 Å². The molecule has 0 N–H and O–H groups in total. The first-order valence-corrected chi connectivity index (χ1v) is 4.30. The molecule has 0 aliphatic rings. The van der Waals surface area contributed by atoms with Crippen LogP contribution in [0.5, 0.6) is 0 Å². The van der Waals surface area contributed by atoms with Crippen LogP contribution in [0.2, 0.25) is 0 Å². The first kappa shape index (κ1) is 8.04. The Kier molecular flexibility index (Phi) is 3.18. The Labute approximate surface area is 74.2 Å². The number of unbranched alkanes of at least 4 members (excludes halogenated alkanes) is 1. The summed E-state index contributed by atoms with van der Waals surface area (Å²) in [6, 6.07) is 0. The van der Waals surface area contributed by atoms with E-state index < -0.39 is 0 Å². The maximum atomic E-state index is 5.02. The second kappa shape index (κ2) is 3.95. The maximum Gasteiger partial charge on any atom is 0.257 e. The lowest BCUT2D eigenvalue weighted by atomic mass is 10.2. The number of oxazole rings is 1. The van der Waals surface area contributed by atoms with Crippen molar-refractivity contribution in [2.75, 3.05) is 0 Å². The van der Waals surface area contributed by atoms with Crippen LogP contribution in [0.1, 0.15) is 18.5 Å². The summed E-state index contributed by atoms with van der Waals surface area (Å²) in [5, 5.41) is 0. The van der Waals surface area contributed by atoms with Gasteiger partial charge in [-0.05, 0) is 12.8 Å². The first-order chi connectivity index (χ1) is 4.83. The van der Waals surface area contributed by atoms with E-state index in [2.05, 4.69) is 34.5 Å². The van der Waals surface area contributed by atoms with Crippen molar-refractivity contribution >= 4 is 22.6 Å². The van der Waals surface area contributed by atoms with E-state index in [1.54, 1.807) is 6.26 Å². The number of aromatic nitrogens is 1. The molecule has 0 saturated carbocycles. The smallest absolute Gasteiger partial charge is 0.257 e. The van der Waals surface area contributed by atoms with E-state index in [1.165, 1.54) is 0 Å². The third kappa shape index (κ3) is 2.28. The molecule has 0 aliphatic heterocycles. The zero-order valence-corrected chi connectivity index (χ0v) is 7.80. The number of hydrogen-bond acceptors (Lipinski definition) is 2. The Morgan fingerprint density at radius 2 is 2.50 bits per heavy atom. The van der Waals surface area contributed by atoms with Crippen molar-refractivity contribution in [3.63, 3.8) is 0 Å². The second-order valence-corrected chi connectivity index (χ2v) is 2.97. The van der Waals surface area contributed by atoms with Crippen LogP contribution in [0.3, 0.4) is 0 Å². The molecule has 1 rings (SSSR count). The van der Waals surface area contributed by atoms with Gasteiger partial charge >= 0.3 is 0 Å².